The molecule has 0 amide bonds. The minimum absolute atomic E-state index is 0.0413. The van der Waals surface area contributed by atoms with E-state index in [9.17, 15) is 71.8 Å². The molecular weight excluding hydrogens is 865 g/mol. The number of methoxy groups -OCH3 is 5. The maximum atomic E-state index is 12.0. The van der Waals surface area contributed by atoms with Crippen molar-refractivity contribution in [3.63, 3.8) is 0 Å². The van der Waals surface area contributed by atoms with Crippen LogP contribution in [0.15, 0.2) is 0 Å². The molecule has 2 saturated carbocycles. The van der Waals surface area contributed by atoms with Crippen LogP contribution in [0, 0.1) is 0 Å². The van der Waals surface area contributed by atoms with E-state index in [0.29, 0.717) is 0 Å². The Morgan fingerprint density at radius 1 is 0.364 bits per heavy atom. The Bertz CT molecular complexity index is 1390. The lowest BCUT2D eigenvalue weighted by Crippen LogP contribution is -2.67. The summed E-state index contributed by atoms with van der Waals surface area (Å²) in [4.78, 5) is 97.4. The SMILES string of the molecule is CO[C@@H]1[C@@H](OP(=O)(O)O)[C@H](OC)[C@H](OCCN(C)CCO[C@H]2[C@@H](OP(=O)(O)O)[C@H](OC)[C@@H](OC)[C@H](OP(=O)(O)O)[C@H]2OP(=O)(O)O)[C@H](OC)[C@H]1OP(=O)(O)O. The van der Waals surface area contributed by atoms with Crippen LogP contribution in [0.2, 0.25) is 0 Å². The summed E-state index contributed by atoms with van der Waals surface area (Å²) in [5.74, 6) is 0. The molecule has 328 valence electrons. The lowest BCUT2D eigenvalue weighted by molar-refractivity contribution is -0.246. The van der Waals surface area contributed by atoms with Crippen molar-refractivity contribution in [2.45, 2.75) is 73.2 Å². The fraction of sp³-hybridized carbons (Fsp3) is 1.00. The highest BCUT2D eigenvalue weighted by Crippen LogP contribution is 2.51. The predicted octanol–water partition coefficient (Wildman–Crippen LogP) is -2.82. The first kappa shape index (κ1) is 51.4. The first-order chi connectivity index (χ1) is 25.1. The minimum Gasteiger partial charge on any atom is -0.376 e. The molecule has 0 spiro atoms. The monoisotopic (exact) mass is 913 g/mol. The van der Waals surface area contributed by atoms with Crippen molar-refractivity contribution >= 4 is 39.1 Å². The van der Waals surface area contributed by atoms with E-state index in [2.05, 4.69) is 0 Å². The van der Waals surface area contributed by atoms with E-state index >= 15 is 0 Å². The lowest BCUT2D eigenvalue weighted by atomic mass is 9.84. The number of likely N-dealkylation sites (N-methyl/N-ethyl adjacent to an activating group) is 1. The van der Waals surface area contributed by atoms with E-state index in [1.807, 2.05) is 0 Å². The third-order valence-corrected chi connectivity index (χ3v) is 10.7. The molecule has 2 aliphatic carbocycles. The van der Waals surface area contributed by atoms with E-state index in [0.717, 1.165) is 35.5 Å². The topological polar surface area (TPSA) is 402 Å². The van der Waals surface area contributed by atoms with Crippen molar-refractivity contribution in [1.29, 1.82) is 0 Å². The first-order valence-electron chi connectivity index (χ1n) is 15.4. The molecule has 0 unspecified atom stereocenters. The minimum atomic E-state index is -5.57. The highest BCUT2D eigenvalue weighted by Gasteiger charge is 2.59. The van der Waals surface area contributed by atoms with Gasteiger partial charge in [0.1, 0.15) is 73.2 Å². The third kappa shape index (κ3) is 16.3. The van der Waals surface area contributed by atoms with Crippen LogP contribution in [0.1, 0.15) is 0 Å². The van der Waals surface area contributed by atoms with Gasteiger partial charge in [-0.3, -0.25) is 22.6 Å². The average molecular weight is 913 g/mol. The quantitative estimate of drug-likeness (QED) is 0.0462. The second-order valence-electron chi connectivity index (χ2n) is 11.8. The third-order valence-electron chi connectivity index (χ3n) is 8.11. The van der Waals surface area contributed by atoms with Crippen LogP contribution in [0.4, 0.5) is 0 Å². The van der Waals surface area contributed by atoms with Gasteiger partial charge in [-0.15, -0.1) is 0 Å². The zero-order valence-corrected chi connectivity index (χ0v) is 34.3. The Morgan fingerprint density at radius 3 is 0.800 bits per heavy atom. The second-order valence-corrected chi connectivity index (χ2v) is 17.7. The molecule has 0 radical (unpaired) electrons. The van der Waals surface area contributed by atoms with Gasteiger partial charge in [0.05, 0.1) is 13.2 Å². The normalized spacial score (nSPS) is 33.0. The van der Waals surface area contributed by atoms with Crippen LogP contribution in [0.3, 0.4) is 0 Å². The van der Waals surface area contributed by atoms with Gasteiger partial charge in [0, 0.05) is 48.6 Å². The number of hydrogen-bond acceptors (Lipinski definition) is 18. The van der Waals surface area contributed by atoms with Crippen LogP contribution >= 0.6 is 39.1 Å². The maximum Gasteiger partial charge on any atom is 0.470 e. The Morgan fingerprint density at radius 2 is 0.545 bits per heavy atom. The van der Waals surface area contributed by atoms with Gasteiger partial charge < -0.3 is 87.0 Å². The Labute approximate surface area is 313 Å². The lowest BCUT2D eigenvalue weighted by Gasteiger charge is -2.48. The molecule has 33 heteroatoms. The van der Waals surface area contributed by atoms with Crippen molar-refractivity contribution in [3.05, 3.63) is 0 Å². The van der Waals surface area contributed by atoms with Gasteiger partial charge in [0.2, 0.25) is 0 Å². The molecule has 2 aliphatic rings. The van der Waals surface area contributed by atoms with E-state index in [-0.39, 0.29) is 19.7 Å². The highest BCUT2D eigenvalue weighted by atomic mass is 31.2. The molecule has 0 aromatic rings. The van der Waals surface area contributed by atoms with Crippen molar-refractivity contribution < 1.29 is 128 Å². The Balaban J connectivity index is 2.34. The summed E-state index contributed by atoms with van der Waals surface area (Å²) < 4.78 is 122. The molecule has 0 bridgehead atoms. The van der Waals surface area contributed by atoms with Crippen molar-refractivity contribution in [2.75, 3.05) is 68.9 Å². The molecule has 0 heterocycles. The average Bonchev–Trinajstić information content (AvgIpc) is 3.00. The summed E-state index contributed by atoms with van der Waals surface area (Å²) in [6, 6.07) is 0. The van der Waals surface area contributed by atoms with Crippen LogP contribution in [-0.4, -0.2) is 196 Å². The number of phosphoric ester groups is 5. The van der Waals surface area contributed by atoms with Gasteiger partial charge in [-0.05, 0) is 7.05 Å². The number of rotatable bonds is 23. The molecule has 10 N–H and O–H groups in total. The Hall–Kier alpha value is 0.230. The molecule has 55 heavy (non-hydrogen) atoms. The zero-order chi connectivity index (χ0) is 42.3. The van der Waals surface area contributed by atoms with Crippen LogP contribution in [0.25, 0.3) is 0 Å². The van der Waals surface area contributed by atoms with Gasteiger partial charge in [-0.1, -0.05) is 0 Å². The van der Waals surface area contributed by atoms with Gasteiger partial charge in [0.25, 0.3) is 0 Å². The standard InChI is InChI=1S/C22H48NO27P5/c1-23(7-9-44-16-13(41-4)18(46-51(24,25)26)15(43-6)19(14(16)42-5)47-52(27,28)29)8-10-45-17-20(48-53(30,31)32)11(39-2)12(40-3)21(49-54(33,34)35)22(17)50-55(36,37)38/h11-22H,7-10H2,1-6H3,(H2,24,25,26)(H2,27,28,29)(H2,30,31,32)(H2,33,34,35)(H2,36,37,38)/t11-,12-,13-,14+,15-,16+,17+,18+,19-,20+,21+,22+/m1/s1. The maximum absolute atomic E-state index is 12.0. The smallest absolute Gasteiger partial charge is 0.376 e. The number of hydrogen-bond donors (Lipinski definition) is 10. The highest BCUT2D eigenvalue weighted by molar-refractivity contribution is 7.47. The van der Waals surface area contributed by atoms with Gasteiger partial charge in [-0.2, -0.15) is 0 Å². The number of phosphoric acid groups is 5. The molecule has 0 aromatic heterocycles. The zero-order valence-electron chi connectivity index (χ0n) is 29.9. The largest absolute Gasteiger partial charge is 0.470 e. The molecule has 2 fully saturated rings. The predicted molar refractivity (Wildman–Crippen MR) is 176 cm³/mol. The van der Waals surface area contributed by atoms with Gasteiger partial charge in [-0.25, -0.2) is 22.8 Å². The molecule has 28 nitrogen and oxygen atoms in total. The summed E-state index contributed by atoms with van der Waals surface area (Å²) >= 11 is 0. The summed E-state index contributed by atoms with van der Waals surface area (Å²) in [7, 11) is -20.3. The number of ether oxygens (including phenoxy) is 7. The van der Waals surface area contributed by atoms with Crippen LogP contribution in [-0.2, 0) is 78.6 Å². The van der Waals surface area contributed by atoms with Crippen molar-refractivity contribution in [1.82, 2.24) is 4.90 Å². The Kier molecular flexibility index (Phi) is 19.8. The van der Waals surface area contributed by atoms with Crippen LogP contribution in [0.5, 0.6) is 0 Å². The van der Waals surface area contributed by atoms with Gasteiger partial charge >= 0.3 is 39.1 Å². The van der Waals surface area contributed by atoms with Crippen LogP contribution < -0.4 is 0 Å². The first-order valence-corrected chi connectivity index (χ1v) is 23.0. The van der Waals surface area contributed by atoms with Crippen molar-refractivity contribution in [2.24, 2.45) is 0 Å². The fourth-order valence-corrected chi connectivity index (χ4v) is 8.94. The summed E-state index contributed by atoms with van der Waals surface area (Å²) in [6.07, 6.45) is -20.9. The van der Waals surface area contributed by atoms with Crippen molar-refractivity contribution in [3.8, 4) is 0 Å². The summed E-state index contributed by atoms with van der Waals surface area (Å²) in [6.45, 7) is -0.927. The molecule has 0 aliphatic heterocycles. The molecular formula is C22H48NO27P5. The van der Waals surface area contributed by atoms with E-state index in [1.165, 1.54) is 11.9 Å². The second kappa shape index (κ2) is 21.2. The fourth-order valence-electron chi connectivity index (χ4n) is 6.16. The van der Waals surface area contributed by atoms with E-state index in [1.54, 1.807) is 0 Å². The molecule has 0 aromatic carbocycles. The molecule has 2 rings (SSSR count). The summed E-state index contributed by atoms with van der Waals surface area (Å²) in [5.41, 5.74) is 0. The summed E-state index contributed by atoms with van der Waals surface area (Å²) in [5, 5.41) is 0. The molecule has 0 saturated heterocycles. The van der Waals surface area contributed by atoms with E-state index in [4.69, 9.17) is 55.8 Å². The van der Waals surface area contributed by atoms with E-state index < -0.39 is 119 Å². The van der Waals surface area contributed by atoms with Gasteiger partial charge in [0.15, 0.2) is 0 Å². The number of nitrogens with zero attached hydrogens (tertiary/aromatic N) is 1. The molecule has 12 atom stereocenters.